The van der Waals surface area contributed by atoms with Crippen molar-refractivity contribution in [3.63, 3.8) is 0 Å². The Morgan fingerprint density at radius 1 is 1.38 bits per heavy atom. The van der Waals surface area contributed by atoms with E-state index in [1.807, 2.05) is 39.0 Å². The predicted octanol–water partition coefficient (Wildman–Crippen LogP) is 2.65. The lowest BCUT2D eigenvalue weighted by Gasteiger charge is -2.33. The van der Waals surface area contributed by atoms with Crippen LogP contribution in [0, 0.1) is 6.92 Å². The second-order valence-corrected chi connectivity index (χ2v) is 6.79. The molecule has 1 amide bonds. The highest BCUT2D eigenvalue weighted by Crippen LogP contribution is 2.26. The summed E-state index contributed by atoms with van der Waals surface area (Å²) in [6.07, 6.45) is 0.290. The van der Waals surface area contributed by atoms with Gasteiger partial charge in [-0.05, 0) is 24.1 Å². The largest absolute Gasteiger partial charge is 0.496 e. The van der Waals surface area contributed by atoms with Crippen LogP contribution in [0.3, 0.4) is 0 Å². The molecule has 0 bridgehead atoms. The topological polar surface area (TPSA) is 77.7 Å². The van der Waals surface area contributed by atoms with Crippen molar-refractivity contribution >= 4 is 5.91 Å². The molecule has 140 valence electrons. The third-order valence-corrected chi connectivity index (χ3v) is 4.51. The molecule has 7 heteroatoms. The zero-order chi connectivity index (χ0) is 18.7. The van der Waals surface area contributed by atoms with Crippen LogP contribution >= 0.6 is 0 Å². The molecule has 1 aromatic heterocycles. The fourth-order valence-electron chi connectivity index (χ4n) is 2.97. The minimum absolute atomic E-state index is 0.00787. The molecule has 0 saturated carbocycles. The molecule has 7 nitrogen and oxygen atoms in total. The van der Waals surface area contributed by atoms with Gasteiger partial charge in [0.25, 0.3) is 0 Å². The highest BCUT2D eigenvalue weighted by molar-refractivity contribution is 5.79. The van der Waals surface area contributed by atoms with E-state index in [9.17, 15) is 4.79 Å². The molecule has 0 spiro atoms. The van der Waals surface area contributed by atoms with E-state index in [2.05, 4.69) is 10.2 Å². The van der Waals surface area contributed by atoms with Crippen LogP contribution in [0.5, 0.6) is 5.75 Å². The monoisotopic (exact) mass is 359 g/mol. The Morgan fingerprint density at radius 2 is 2.19 bits per heavy atom. The SMILES string of the molecule is COc1cc(CC(=O)N2CCOCC2c2nnc(C(C)C)o2)ccc1C. The standard InChI is InChI=1S/C19H25N3O4/c1-12(2)18-20-21-19(26-18)15-11-25-8-7-22(15)17(23)10-14-6-5-13(3)16(9-14)24-4/h5-6,9,12,15H,7-8,10-11H2,1-4H3. The van der Waals surface area contributed by atoms with Gasteiger partial charge in [0.2, 0.25) is 17.7 Å². The van der Waals surface area contributed by atoms with Gasteiger partial charge in [0.05, 0.1) is 26.7 Å². The van der Waals surface area contributed by atoms with Crippen molar-refractivity contribution in [2.24, 2.45) is 0 Å². The molecule has 2 aromatic rings. The summed E-state index contributed by atoms with van der Waals surface area (Å²) < 4.78 is 16.6. The van der Waals surface area contributed by atoms with Crippen molar-refractivity contribution < 1.29 is 18.7 Å². The summed E-state index contributed by atoms with van der Waals surface area (Å²) in [4.78, 5) is 14.7. The fourth-order valence-corrected chi connectivity index (χ4v) is 2.97. The molecule has 1 fully saturated rings. The molecule has 2 heterocycles. The summed E-state index contributed by atoms with van der Waals surface area (Å²) in [5.74, 6) is 1.94. The minimum atomic E-state index is -0.344. The lowest BCUT2D eigenvalue weighted by atomic mass is 10.1. The number of aryl methyl sites for hydroxylation is 1. The number of amides is 1. The molecule has 1 unspecified atom stereocenters. The average molecular weight is 359 g/mol. The van der Waals surface area contributed by atoms with Crippen LogP contribution in [0.25, 0.3) is 0 Å². The summed E-state index contributed by atoms with van der Waals surface area (Å²) >= 11 is 0. The first-order valence-corrected chi connectivity index (χ1v) is 8.83. The van der Waals surface area contributed by atoms with Crippen LogP contribution in [0.2, 0.25) is 0 Å². The quantitative estimate of drug-likeness (QED) is 0.817. The molecule has 0 aliphatic carbocycles. The third-order valence-electron chi connectivity index (χ3n) is 4.51. The number of carbonyl (C=O) groups excluding carboxylic acids is 1. The van der Waals surface area contributed by atoms with Gasteiger partial charge >= 0.3 is 0 Å². The van der Waals surface area contributed by atoms with Crippen LogP contribution in [0.4, 0.5) is 0 Å². The van der Waals surface area contributed by atoms with Crippen molar-refractivity contribution in [2.45, 2.75) is 39.2 Å². The van der Waals surface area contributed by atoms with E-state index >= 15 is 0 Å². The van der Waals surface area contributed by atoms with Crippen molar-refractivity contribution in [1.29, 1.82) is 0 Å². The Kier molecular flexibility index (Phi) is 5.56. The van der Waals surface area contributed by atoms with E-state index in [-0.39, 0.29) is 24.3 Å². The summed E-state index contributed by atoms with van der Waals surface area (Å²) in [6, 6.07) is 5.48. The van der Waals surface area contributed by atoms with E-state index in [0.29, 0.717) is 31.5 Å². The zero-order valence-corrected chi connectivity index (χ0v) is 15.7. The molecule has 1 saturated heterocycles. The number of hydrogen-bond acceptors (Lipinski definition) is 6. The highest BCUT2D eigenvalue weighted by atomic mass is 16.5. The van der Waals surface area contributed by atoms with Crippen molar-refractivity contribution in [3.05, 3.63) is 41.1 Å². The number of methoxy groups -OCH3 is 1. The van der Waals surface area contributed by atoms with Crippen LogP contribution < -0.4 is 4.74 Å². The van der Waals surface area contributed by atoms with E-state index in [1.54, 1.807) is 12.0 Å². The Morgan fingerprint density at radius 3 is 2.88 bits per heavy atom. The second-order valence-electron chi connectivity index (χ2n) is 6.79. The van der Waals surface area contributed by atoms with Crippen molar-refractivity contribution in [2.75, 3.05) is 26.9 Å². The minimum Gasteiger partial charge on any atom is -0.496 e. The molecule has 1 aliphatic rings. The molecular formula is C19H25N3O4. The molecule has 0 N–H and O–H groups in total. The number of rotatable bonds is 5. The van der Waals surface area contributed by atoms with Crippen molar-refractivity contribution in [3.8, 4) is 5.75 Å². The summed E-state index contributed by atoms with van der Waals surface area (Å²) in [7, 11) is 1.63. The Bertz CT molecular complexity index is 772. The normalized spacial score (nSPS) is 17.6. The molecular weight excluding hydrogens is 334 g/mol. The number of carbonyl (C=O) groups is 1. The summed E-state index contributed by atoms with van der Waals surface area (Å²) in [5.41, 5.74) is 1.95. The highest BCUT2D eigenvalue weighted by Gasteiger charge is 2.32. The Labute approximate surface area is 153 Å². The van der Waals surface area contributed by atoms with Gasteiger partial charge in [-0.25, -0.2) is 0 Å². The predicted molar refractivity (Wildman–Crippen MR) is 95.1 cm³/mol. The number of hydrogen-bond donors (Lipinski definition) is 0. The van der Waals surface area contributed by atoms with E-state index in [1.165, 1.54) is 0 Å². The van der Waals surface area contributed by atoms with Gasteiger partial charge in [-0.15, -0.1) is 10.2 Å². The van der Waals surface area contributed by atoms with Crippen molar-refractivity contribution in [1.82, 2.24) is 15.1 Å². The van der Waals surface area contributed by atoms with Crippen LogP contribution in [0.15, 0.2) is 22.6 Å². The molecule has 26 heavy (non-hydrogen) atoms. The third kappa shape index (κ3) is 3.88. The van der Waals surface area contributed by atoms with Gasteiger partial charge < -0.3 is 18.8 Å². The van der Waals surface area contributed by atoms with Gasteiger partial charge in [0.1, 0.15) is 11.8 Å². The lowest BCUT2D eigenvalue weighted by molar-refractivity contribution is -0.140. The maximum atomic E-state index is 12.9. The first kappa shape index (κ1) is 18.4. The molecule has 1 aliphatic heterocycles. The molecule has 1 atom stereocenters. The first-order valence-electron chi connectivity index (χ1n) is 8.83. The molecule has 1 aromatic carbocycles. The van der Waals surface area contributed by atoms with E-state index < -0.39 is 0 Å². The van der Waals surface area contributed by atoms with Crippen LogP contribution in [-0.4, -0.2) is 47.9 Å². The fraction of sp³-hybridized carbons (Fsp3) is 0.526. The van der Waals surface area contributed by atoms with Gasteiger partial charge in [0, 0.05) is 12.5 Å². The zero-order valence-electron chi connectivity index (χ0n) is 15.7. The van der Waals surface area contributed by atoms with E-state index in [4.69, 9.17) is 13.9 Å². The van der Waals surface area contributed by atoms with Crippen LogP contribution in [0.1, 0.15) is 48.7 Å². The maximum Gasteiger partial charge on any atom is 0.241 e. The Hall–Kier alpha value is -2.41. The second kappa shape index (κ2) is 7.86. The number of benzene rings is 1. The lowest BCUT2D eigenvalue weighted by Crippen LogP contribution is -2.44. The van der Waals surface area contributed by atoms with Crippen LogP contribution in [-0.2, 0) is 16.0 Å². The average Bonchev–Trinajstić information content (AvgIpc) is 3.13. The molecule has 0 radical (unpaired) electrons. The van der Waals surface area contributed by atoms with Gasteiger partial charge in [-0.3, -0.25) is 4.79 Å². The molecule has 3 rings (SSSR count). The Balaban J connectivity index is 1.77. The first-order chi connectivity index (χ1) is 12.5. The van der Waals surface area contributed by atoms with Gasteiger partial charge in [-0.1, -0.05) is 26.0 Å². The van der Waals surface area contributed by atoms with Gasteiger partial charge in [-0.2, -0.15) is 0 Å². The number of ether oxygens (including phenoxy) is 2. The van der Waals surface area contributed by atoms with E-state index in [0.717, 1.165) is 16.9 Å². The number of nitrogens with zero attached hydrogens (tertiary/aromatic N) is 3. The maximum absolute atomic E-state index is 12.9. The smallest absolute Gasteiger partial charge is 0.241 e. The number of aromatic nitrogens is 2. The summed E-state index contributed by atoms with van der Waals surface area (Å²) in [5, 5.41) is 8.20. The number of morpholine rings is 1. The van der Waals surface area contributed by atoms with Gasteiger partial charge in [0.15, 0.2) is 0 Å². The summed E-state index contributed by atoms with van der Waals surface area (Å²) in [6.45, 7) is 7.33.